The molecule has 3 heteroatoms. The third-order valence-electron chi connectivity index (χ3n) is 2.86. The van der Waals surface area contributed by atoms with Crippen LogP contribution in [0.25, 0.3) is 21.9 Å². The molecule has 0 aliphatic carbocycles. The van der Waals surface area contributed by atoms with Crippen LogP contribution in [0.2, 0.25) is 0 Å². The molecule has 0 atom stereocenters. The van der Waals surface area contributed by atoms with Crippen LogP contribution in [0.3, 0.4) is 0 Å². The Labute approximate surface area is 105 Å². The van der Waals surface area contributed by atoms with Gasteiger partial charge in [-0.25, -0.2) is 0 Å². The van der Waals surface area contributed by atoms with E-state index in [1.54, 1.807) is 6.20 Å². The second-order valence-corrected chi connectivity index (χ2v) is 4.31. The van der Waals surface area contributed by atoms with Crippen molar-refractivity contribution >= 4 is 27.6 Å². The van der Waals surface area contributed by atoms with Crippen molar-refractivity contribution in [2.75, 3.05) is 5.32 Å². The summed E-state index contributed by atoms with van der Waals surface area (Å²) in [6.45, 7) is 1.84. The maximum Gasteiger partial charge on any atom is 0.158 e. The minimum atomic E-state index is 0.725. The van der Waals surface area contributed by atoms with Gasteiger partial charge in [-0.2, -0.15) is 0 Å². The van der Waals surface area contributed by atoms with E-state index in [9.17, 15) is 0 Å². The molecule has 3 aromatic rings. The Morgan fingerprint density at radius 3 is 2.72 bits per heavy atom. The molecule has 0 aliphatic heterocycles. The lowest BCUT2D eigenvalue weighted by Crippen LogP contribution is -1.96. The maximum absolute atomic E-state index is 5.88. The van der Waals surface area contributed by atoms with Gasteiger partial charge in [0.05, 0.1) is 5.69 Å². The molecular formula is C15H14N2O. The molecule has 0 amide bonds. The predicted molar refractivity (Wildman–Crippen MR) is 75.3 cm³/mol. The van der Waals surface area contributed by atoms with Gasteiger partial charge in [-0.3, -0.25) is 0 Å². The van der Waals surface area contributed by atoms with E-state index in [-0.39, 0.29) is 0 Å². The van der Waals surface area contributed by atoms with Gasteiger partial charge in [0.2, 0.25) is 0 Å². The highest BCUT2D eigenvalue weighted by atomic mass is 16.3. The lowest BCUT2D eigenvalue weighted by Gasteiger charge is -2.01. The Morgan fingerprint density at radius 1 is 1.11 bits per heavy atom. The van der Waals surface area contributed by atoms with E-state index in [1.807, 2.05) is 37.3 Å². The average Bonchev–Trinajstić information content (AvgIpc) is 2.75. The molecule has 0 saturated heterocycles. The summed E-state index contributed by atoms with van der Waals surface area (Å²) in [5.41, 5.74) is 9.03. The number of anilines is 1. The highest BCUT2D eigenvalue weighted by Crippen LogP contribution is 2.33. The number of benzene rings is 2. The van der Waals surface area contributed by atoms with Crippen molar-refractivity contribution in [1.29, 1.82) is 0 Å². The van der Waals surface area contributed by atoms with Gasteiger partial charge in [0.15, 0.2) is 5.58 Å². The molecule has 1 aromatic heterocycles. The highest BCUT2D eigenvalue weighted by Gasteiger charge is 2.08. The number of nitrogens with one attached hydrogen (secondary N) is 1. The third kappa shape index (κ3) is 1.70. The Bertz CT molecular complexity index is 736. The fourth-order valence-electron chi connectivity index (χ4n) is 2.05. The van der Waals surface area contributed by atoms with E-state index in [2.05, 4.69) is 17.4 Å². The smallest absolute Gasteiger partial charge is 0.158 e. The van der Waals surface area contributed by atoms with Crippen molar-refractivity contribution < 1.29 is 4.42 Å². The fourth-order valence-corrected chi connectivity index (χ4v) is 2.05. The summed E-state index contributed by atoms with van der Waals surface area (Å²) < 4.78 is 5.88. The molecule has 0 unspecified atom stereocenters. The zero-order chi connectivity index (χ0) is 12.5. The van der Waals surface area contributed by atoms with Crippen LogP contribution in [0.5, 0.6) is 0 Å². The molecule has 3 nitrogen and oxygen atoms in total. The summed E-state index contributed by atoms with van der Waals surface area (Å²) >= 11 is 0. The molecule has 0 fully saturated rings. The van der Waals surface area contributed by atoms with Crippen LogP contribution in [0.4, 0.5) is 5.69 Å². The summed E-state index contributed by atoms with van der Waals surface area (Å²) in [5, 5.41) is 5.41. The maximum atomic E-state index is 5.88. The number of furan rings is 1. The van der Waals surface area contributed by atoms with E-state index in [4.69, 9.17) is 10.2 Å². The number of hydrogen-bond acceptors (Lipinski definition) is 3. The fraction of sp³-hybridized carbons (Fsp3) is 0.0667. The van der Waals surface area contributed by atoms with E-state index < -0.39 is 0 Å². The second kappa shape index (κ2) is 4.11. The Hall–Kier alpha value is -2.42. The van der Waals surface area contributed by atoms with Gasteiger partial charge in [0.1, 0.15) is 5.58 Å². The minimum Gasteiger partial charge on any atom is -0.454 e. The normalized spacial score (nSPS) is 12.2. The van der Waals surface area contributed by atoms with E-state index in [0.717, 1.165) is 33.3 Å². The molecule has 2 aromatic carbocycles. The van der Waals surface area contributed by atoms with Crippen LogP contribution in [-0.2, 0) is 0 Å². The van der Waals surface area contributed by atoms with E-state index in [0.29, 0.717) is 0 Å². The Morgan fingerprint density at radius 2 is 1.89 bits per heavy atom. The van der Waals surface area contributed by atoms with Gasteiger partial charge in [-0.15, -0.1) is 0 Å². The number of allylic oxidation sites excluding steroid dienone is 1. The van der Waals surface area contributed by atoms with E-state index >= 15 is 0 Å². The zero-order valence-electron chi connectivity index (χ0n) is 10.1. The first kappa shape index (κ1) is 10.7. The molecule has 3 rings (SSSR count). The molecule has 1 heterocycles. The average molecular weight is 238 g/mol. The molecule has 0 spiro atoms. The van der Waals surface area contributed by atoms with Gasteiger partial charge in [-0.1, -0.05) is 30.3 Å². The highest BCUT2D eigenvalue weighted by molar-refractivity contribution is 6.08. The van der Waals surface area contributed by atoms with Crippen molar-refractivity contribution in [3.63, 3.8) is 0 Å². The first-order chi connectivity index (χ1) is 8.75. The summed E-state index contributed by atoms with van der Waals surface area (Å²) in [6.07, 6.45) is 1.77. The number of rotatable bonds is 2. The number of fused-ring (bicyclic) bond motifs is 3. The quantitative estimate of drug-likeness (QED) is 0.713. The lowest BCUT2D eigenvalue weighted by molar-refractivity contribution is 0.670. The molecule has 0 aliphatic rings. The van der Waals surface area contributed by atoms with Crippen LogP contribution >= 0.6 is 0 Å². The van der Waals surface area contributed by atoms with Crippen molar-refractivity contribution in [1.82, 2.24) is 0 Å². The van der Waals surface area contributed by atoms with Gasteiger partial charge >= 0.3 is 0 Å². The second-order valence-electron chi connectivity index (χ2n) is 4.31. The molecular weight excluding hydrogens is 224 g/mol. The molecule has 90 valence electrons. The first-order valence-corrected chi connectivity index (χ1v) is 5.85. The van der Waals surface area contributed by atoms with Gasteiger partial charge in [-0.05, 0) is 19.1 Å². The first-order valence-electron chi connectivity index (χ1n) is 5.85. The molecule has 0 bridgehead atoms. The van der Waals surface area contributed by atoms with Gasteiger partial charge in [0, 0.05) is 22.7 Å². The zero-order valence-corrected chi connectivity index (χ0v) is 10.1. The van der Waals surface area contributed by atoms with Crippen LogP contribution in [-0.4, -0.2) is 0 Å². The SMILES string of the molecule is C/C(N)=C/Nc1cccc2c1oc1ccccc12. The molecule has 0 radical (unpaired) electrons. The molecule has 3 N–H and O–H groups in total. The predicted octanol–water partition coefficient (Wildman–Crippen LogP) is 3.82. The minimum absolute atomic E-state index is 0.725. The van der Waals surface area contributed by atoms with Crippen molar-refractivity contribution in [2.45, 2.75) is 6.92 Å². The third-order valence-corrected chi connectivity index (χ3v) is 2.86. The number of nitrogens with two attached hydrogens (primary N) is 1. The van der Waals surface area contributed by atoms with Crippen LogP contribution in [0, 0.1) is 0 Å². The molecule has 0 saturated carbocycles. The van der Waals surface area contributed by atoms with Crippen LogP contribution < -0.4 is 11.1 Å². The Kier molecular flexibility index (Phi) is 2.45. The number of para-hydroxylation sites is 2. The summed E-state index contributed by atoms with van der Waals surface area (Å²) in [6, 6.07) is 14.1. The topological polar surface area (TPSA) is 51.2 Å². The Balaban J connectivity index is 2.24. The van der Waals surface area contributed by atoms with Crippen molar-refractivity contribution in [3.05, 3.63) is 54.4 Å². The van der Waals surface area contributed by atoms with Crippen molar-refractivity contribution in [2.24, 2.45) is 5.73 Å². The lowest BCUT2D eigenvalue weighted by atomic mass is 10.1. The van der Waals surface area contributed by atoms with Gasteiger partial charge < -0.3 is 15.5 Å². The monoisotopic (exact) mass is 238 g/mol. The largest absolute Gasteiger partial charge is 0.454 e. The van der Waals surface area contributed by atoms with Crippen LogP contribution in [0.15, 0.2) is 58.8 Å². The summed E-state index contributed by atoms with van der Waals surface area (Å²) in [7, 11) is 0. The van der Waals surface area contributed by atoms with Crippen molar-refractivity contribution in [3.8, 4) is 0 Å². The summed E-state index contributed by atoms with van der Waals surface area (Å²) in [5.74, 6) is 0. The molecule has 18 heavy (non-hydrogen) atoms. The van der Waals surface area contributed by atoms with E-state index in [1.165, 1.54) is 0 Å². The number of hydrogen-bond donors (Lipinski definition) is 2. The standard InChI is InChI=1S/C15H14N2O/c1-10(16)9-17-13-7-4-6-12-11-5-2-3-8-14(11)18-15(12)13/h2-9,17H,16H2,1H3/b10-9-. The summed E-state index contributed by atoms with van der Waals surface area (Å²) in [4.78, 5) is 0. The van der Waals surface area contributed by atoms with Crippen LogP contribution in [0.1, 0.15) is 6.92 Å². The van der Waals surface area contributed by atoms with Gasteiger partial charge in [0.25, 0.3) is 0 Å².